The number of aromatic hydroxyl groups is 1. The van der Waals surface area contributed by atoms with Crippen molar-refractivity contribution in [3.8, 4) is 11.5 Å². The smallest absolute Gasteiger partial charge is 0.213 e. The Balaban J connectivity index is 1.61. The predicted molar refractivity (Wildman–Crippen MR) is 105 cm³/mol. The van der Waals surface area contributed by atoms with Gasteiger partial charge in [-0.25, -0.2) is 5.01 Å². The summed E-state index contributed by atoms with van der Waals surface area (Å²) in [6.07, 6.45) is 0.453. The Labute approximate surface area is 158 Å². The van der Waals surface area contributed by atoms with Crippen molar-refractivity contribution in [1.29, 1.82) is 0 Å². The summed E-state index contributed by atoms with van der Waals surface area (Å²) in [4.78, 5) is 0. The molecule has 0 fully saturated rings. The number of fused-ring (bicyclic) bond motifs is 3. The van der Waals surface area contributed by atoms with Gasteiger partial charge in [-0.3, -0.25) is 0 Å². The second-order valence-corrected chi connectivity index (χ2v) is 7.08. The molecular formula is C23H20N2O2. The molecular weight excluding hydrogens is 336 g/mol. The zero-order valence-corrected chi connectivity index (χ0v) is 15.0. The molecule has 0 aromatic heterocycles. The van der Waals surface area contributed by atoms with Crippen molar-refractivity contribution in [3.63, 3.8) is 0 Å². The number of phenolic OH excluding ortho intramolecular Hbond substituents is 1. The quantitative estimate of drug-likeness (QED) is 0.707. The van der Waals surface area contributed by atoms with E-state index >= 15 is 0 Å². The number of ether oxygens (including phenoxy) is 1. The van der Waals surface area contributed by atoms with E-state index in [9.17, 15) is 5.11 Å². The summed E-state index contributed by atoms with van der Waals surface area (Å²) in [5, 5.41) is 17.2. The van der Waals surface area contributed by atoms with Crippen molar-refractivity contribution in [3.05, 3.63) is 95.1 Å². The third-order valence-corrected chi connectivity index (χ3v) is 5.28. The summed E-state index contributed by atoms with van der Waals surface area (Å²) in [6.45, 7) is 2.08. The molecule has 4 heteroatoms. The molecule has 5 rings (SSSR count). The van der Waals surface area contributed by atoms with Gasteiger partial charge in [0.25, 0.3) is 0 Å². The van der Waals surface area contributed by atoms with Gasteiger partial charge in [0.1, 0.15) is 11.5 Å². The summed E-state index contributed by atoms with van der Waals surface area (Å²) in [6, 6.07) is 24.0. The third kappa shape index (κ3) is 2.65. The van der Waals surface area contributed by atoms with Gasteiger partial charge in [-0.1, -0.05) is 60.2 Å². The average molecular weight is 356 g/mol. The lowest BCUT2D eigenvalue weighted by Crippen LogP contribution is -2.33. The Hall–Kier alpha value is -3.27. The predicted octanol–water partition coefficient (Wildman–Crippen LogP) is 4.94. The number of benzene rings is 3. The molecule has 0 amide bonds. The molecule has 3 aromatic carbocycles. The standard InChI is InChI=1S/C23H20N2O2/c1-15-10-12-16(13-11-15)23-25-20(18-7-3-5-9-22(18)27-23)14-19(24-25)17-6-2-4-8-21(17)26/h2-13,20,23,26H,14H2,1H3. The largest absolute Gasteiger partial charge is 0.507 e. The van der Waals surface area contributed by atoms with Crippen LogP contribution >= 0.6 is 0 Å². The van der Waals surface area contributed by atoms with E-state index in [4.69, 9.17) is 9.84 Å². The van der Waals surface area contributed by atoms with Gasteiger partial charge in [0.05, 0.1) is 11.8 Å². The van der Waals surface area contributed by atoms with Crippen LogP contribution in [-0.4, -0.2) is 15.8 Å². The van der Waals surface area contributed by atoms with E-state index in [-0.39, 0.29) is 18.0 Å². The lowest BCUT2D eigenvalue weighted by molar-refractivity contribution is -0.0190. The fourth-order valence-corrected chi connectivity index (χ4v) is 3.87. The van der Waals surface area contributed by atoms with E-state index in [0.29, 0.717) is 0 Å². The van der Waals surface area contributed by atoms with Crippen molar-refractivity contribution in [1.82, 2.24) is 5.01 Å². The van der Waals surface area contributed by atoms with Crippen molar-refractivity contribution in [2.75, 3.05) is 0 Å². The molecule has 0 bridgehead atoms. The molecule has 2 atom stereocenters. The van der Waals surface area contributed by atoms with Crippen LogP contribution in [0, 0.1) is 6.92 Å². The number of phenols is 1. The van der Waals surface area contributed by atoms with Crippen molar-refractivity contribution in [2.45, 2.75) is 25.6 Å². The lowest BCUT2D eigenvalue weighted by atomic mass is 9.95. The maximum Gasteiger partial charge on any atom is 0.213 e. The summed E-state index contributed by atoms with van der Waals surface area (Å²) in [5.74, 6) is 1.16. The second-order valence-electron chi connectivity index (χ2n) is 7.08. The van der Waals surface area contributed by atoms with Gasteiger partial charge >= 0.3 is 0 Å². The Morgan fingerprint density at radius 1 is 0.963 bits per heavy atom. The lowest BCUT2D eigenvalue weighted by Gasteiger charge is -2.38. The highest BCUT2D eigenvalue weighted by Crippen LogP contribution is 2.47. The molecule has 0 saturated carbocycles. The Morgan fingerprint density at radius 3 is 2.52 bits per heavy atom. The van der Waals surface area contributed by atoms with Crippen molar-refractivity contribution >= 4 is 5.71 Å². The molecule has 134 valence electrons. The third-order valence-electron chi connectivity index (χ3n) is 5.28. The van der Waals surface area contributed by atoms with Crippen molar-refractivity contribution in [2.24, 2.45) is 5.10 Å². The molecule has 0 saturated heterocycles. The molecule has 2 aliphatic heterocycles. The highest BCUT2D eigenvalue weighted by atomic mass is 16.5. The summed E-state index contributed by atoms with van der Waals surface area (Å²) in [7, 11) is 0. The number of rotatable bonds is 2. The van der Waals surface area contributed by atoms with Crippen LogP contribution in [-0.2, 0) is 0 Å². The zero-order valence-electron chi connectivity index (χ0n) is 15.0. The molecule has 1 N–H and O–H groups in total. The number of aryl methyl sites for hydroxylation is 1. The van der Waals surface area contributed by atoms with E-state index in [2.05, 4.69) is 37.3 Å². The number of hydrazone groups is 1. The first-order chi connectivity index (χ1) is 13.2. The fraction of sp³-hybridized carbons (Fsp3) is 0.174. The van der Waals surface area contributed by atoms with Crippen LogP contribution in [0.1, 0.15) is 40.9 Å². The Kier molecular flexibility index (Phi) is 3.64. The number of hydrogen-bond donors (Lipinski definition) is 1. The van der Waals surface area contributed by atoms with Gasteiger partial charge < -0.3 is 9.84 Å². The fourth-order valence-electron chi connectivity index (χ4n) is 3.87. The van der Waals surface area contributed by atoms with Crippen LogP contribution in [0.15, 0.2) is 77.9 Å². The SMILES string of the molecule is Cc1ccc(C2Oc3ccccc3C3CC(c4ccccc4O)=NN32)cc1. The summed E-state index contributed by atoms with van der Waals surface area (Å²) < 4.78 is 6.34. The van der Waals surface area contributed by atoms with Gasteiger partial charge in [0.15, 0.2) is 0 Å². The van der Waals surface area contributed by atoms with E-state index in [1.165, 1.54) is 5.56 Å². The zero-order chi connectivity index (χ0) is 18.4. The molecule has 4 nitrogen and oxygen atoms in total. The van der Waals surface area contributed by atoms with Gasteiger partial charge in [0.2, 0.25) is 6.23 Å². The second kappa shape index (κ2) is 6.16. The van der Waals surface area contributed by atoms with Gasteiger partial charge in [-0.15, -0.1) is 0 Å². The van der Waals surface area contributed by atoms with Crippen LogP contribution in [0.25, 0.3) is 0 Å². The average Bonchev–Trinajstić information content (AvgIpc) is 3.14. The topological polar surface area (TPSA) is 45.1 Å². The van der Waals surface area contributed by atoms with E-state index < -0.39 is 0 Å². The number of hydrogen-bond acceptors (Lipinski definition) is 4. The minimum absolute atomic E-state index is 0.0934. The number of para-hydroxylation sites is 2. The van der Waals surface area contributed by atoms with Crippen LogP contribution in [0.4, 0.5) is 0 Å². The molecule has 0 spiro atoms. The summed E-state index contributed by atoms with van der Waals surface area (Å²) >= 11 is 0. The molecule has 27 heavy (non-hydrogen) atoms. The van der Waals surface area contributed by atoms with E-state index in [1.807, 2.05) is 41.4 Å². The van der Waals surface area contributed by atoms with E-state index in [1.54, 1.807) is 6.07 Å². The molecule has 3 aromatic rings. The van der Waals surface area contributed by atoms with Crippen LogP contribution in [0.5, 0.6) is 11.5 Å². The van der Waals surface area contributed by atoms with Gasteiger partial charge in [-0.05, 0) is 25.1 Å². The molecule has 2 unspecified atom stereocenters. The highest BCUT2D eigenvalue weighted by Gasteiger charge is 2.41. The highest BCUT2D eigenvalue weighted by molar-refractivity contribution is 6.04. The minimum atomic E-state index is -0.283. The minimum Gasteiger partial charge on any atom is -0.507 e. The normalized spacial score (nSPS) is 20.5. The first kappa shape index (κ1) is 15.9. The first-order valence-electron chi connectivity index (χ1n) is 9.17. The van der Waals surface area contributed by atoms with Crippen LogP contribution < -0.4 is 4.74 Å². The van der Waals surface area contributed by atoms with Gasteiger partial charge in [0, 0.05) is 23.1 Å². The van der Waals surface area contributed by atoms with Crippen LogP contribution in [0.3, 0.4) is 0 Å². The first-order valence-corrected chi connectivity index (χ1v) is 9.17. The van der Waals surface area contributed by atoms with Crippen molar-refractivity contribution < 1.29 is 9.84 Å². The van der Waals surface area contributed by atoms with Crippen LogP contribution in [0.2, 0.25) is 0 Å². The Bertz CT molecular complexity index is 1030. The number of nitrogens with zero attached hydrogens (tertiary/aromatic N) is 2. The summed E-state index contributed by atoms with van der Waals surface area (Å²) in [5.41, 5.74) is 5.09. The molecule has 0 radical (unpaired) electrons. The maximum atomic E-state index is 10.3. The monoisotopic (exact) mass is 356 g/mol. The molecule has 2 aliphatic rings. The Morgan fingerprint density at radius 2 is 1.70 bits per heavy atom. The molecule has 0 aliphatic carbocycles. The molecule has 2 heterocycles. The maximum absolute atomic E-state index is 10.3. The van der Waals surface area contributed by atoms with E-state index in [0.717, 1.165) is 34.6 Å². The van der Waals surface area contributed by atoms with Gasteiger partial charge in [-0.2, -0.15) is 5.10 Å².